The molecule has 0 spiro atoms. The zero-order valence-corrected chi connectivity index (χ0v) is 10.1. The second-order valence-corrected chi connectivity index (χ2v) is 3.94. The highest BCUT2D eigenvalue weighted by molar-refractivity contribution is 6.01. The van der Waals surface area contributed by atoms with Crippen LogP contribution in [0.3, 0.4) is 0 Å². The Morgan fingerprint density at radius 1 is 1.59 bits per heavy atom. The van der Waals surface area contributed by atoms with Crippen molar-refractivity contribution in [3.63, 3.8) is 0 Å². The maximum absolute atomic E-state index is 11.5. The molecule has 0 saturated carbocycles. The van der Waals surface area contributed by atoms with E-state index < -0.39 is 17.9 Å². The van der Waals surface area contributed by atoms with Crippen LogP contribution in [-0.2, 0) is 19.1 Å². The molecule has 0 bridgehead atoms. The molecule has 0 aromatic heterocycles. The van der Waals surface area contributed by atoms with E-state index in [1.165, 1.54) is 0 Å². The molecule has 0 aromatic rings. The van der Waals surface area contributed by atoms with Crippen molar-refractivity contribution in [2.75, 3.05) is 19.8 Å². The third-order valence-electron chi connectivity index (χ3n) is 2.61. The van der Waals surface area contributed by atoms with Crippen LogP contribution in [0.5, 0.6) is 0 Å². The summed E-state index contributed by atoms with van der Waals surface area (Å²) in [4.78, 5) is 22.6. The lowest BCUT2D eigenvalue weighted by Crippen LogP contribution is -2.47. The molecule has 2 atom stereocenters. The van der Waals surface area contributed by atoms with Crippen molar-refractivity contribution >= 4 is 11.9 Å². The summed E-state index contributed by atoms with van der Waals surface area (Å²) in [5.41, 5.74) is 5.42. The number of esters is 1. The first-order chi connectivity index (χ1) is 8.15. The zero-order chi connectivity index (χ0) is 12.7. The molecule has 1 aliphatic heterocycles. The number of carbonyl (C=O) groups excluding carboxylic acids is 2. The topological polar surface area (TPSA) is 90.7 Å². The predicted molar refractivity (Wildman–Crippen MR) is 61.2 cm³/mol. The van der Waals surface area contributed by atoms with Gasteiger partial charge in [0, 0.05) is 13.2 Å². The Balaban J connectivity index is 2.16. The molecule has 1 aliphatic rings. The average Bonchev–Trinajstić information content (AvgIpc) is 2.81. The van der Waals surface area contributed by atoms with Crippen LogP contribution in [0, 0.1) is 0 Å². The number of nitrogens with two attached hydrogens (primary N) is 1. The molecular formula is C11H20N2O4. The molecule has 17 heavy (non-hydrogen) atoms. The maximum Gasteiger partial charge on any atom is 0.332 e. The summed E-state index contributed by atoms with van der Waals surface area (Å²) in [6.45, 7) is 3.15. The number of carbonyl (C=O) groups is 2. The van der Waals surface area contributed by atoms with E-state index in [1.807, 2.05) is 0 Å². The van der Waals surface area contributed by atoms with Crippen molar-refractivity contribution in [1.29, 1.82) is 0 Å². The largest absolute Gasteiger partial charge is 0.464 e. The second-order valence-electron chi connectivity index (χ2n) is 3.94. The van der Waals surface area contributed by atoms with Gasteiger partial charge in [-0.1, -0.05) is 0 Å². The summed E-state index contributed by atoms with van der Waals surface area (Å²) in [5, 5.41) is 2.60. The zero-order valence-electron chi connectivity index (χ0n) is 10.1. The Kier molecular flexibility index (Phi) is 5.93. The van der Waals surface area contributed by atoms with Gasteiger partial charge in [-0.05, 0) is 26.2 Å². The Morgan fingerprint density at radius 2 is 2.35 bits per heavy atom. The monoisotopic (exact) mass is 244 g/mol. The van der Waals surface area contributed by atoms with Crippen LogP contribution in [0.25, 0.3) is 0 Å². The summed E-state index contributed by atoms with van der Waals surface area (Å²) >= 11 is 0. The van der Waals surface area contributed by atoms with Gasteiger partial charge in [-0.3, -0.25) is 4.79 Å². The molecule has 2 unspecified atom stereocenters. The first-order valence-corrected chi connectivity index (χ1v) is 5.96. The van der Waals surface area contributed by atoms with E-state index in [1.54, 1.807) is 6.92 Å². The van der Waals surface area contributed by atoms with Crippen molar-refractivity contribution in [3.8, 4) is 0 Å². The standard InChI is InChI=1S/C11H20N2O4/c1-2-16-11(15)9(12)10(14)13-6-5-8-4-3-7-17-8/h8-9H,2-7,12H2,1H3,(H,13,14). The second kappa shape index (κ2) is 7.24. The van der Waals surface area contributed by atoms with Crippen molar-refractivity contribution in [3.05, 3.63) is 0 Å². The van der Waals surface area contributed by atoms with Crippen LogP contribution in [-0.4, -0.2) is 43.8 Å². The highest BCUT2D eigenvalue weighted by atomic mass is 16.5. The molecule has 98 valence electrons. The molecule has 1 fully saturated rings. The fraction of sp³-hybridized carbons (Fsp3) is 0.818. The maximum atomic E-state index is 11.5. The van der Waals surface area contributed by atoms with Gasteiger partial charge in [0.25, 0.3) is 0 Å². The first-order valence-electron chi connectivity index (χ1n) is 5.96. The minimum Gasteiger partial charge on any atom is -0.464 e. The van der Waals surface area contributed by atoms with E-state index in [2.05, 4.69) is 10.1 Å². The predicted octanol–water partition coefficient (Wildman–Crippen LogP) is -0.438. The fourth-order valence-corrected chi connectivity index (χ4v) is 1.68. The Hall–Kier alpha value is -1.14. The fourth-order valence-electron chi connectivity index (χ4n) is 1.68. The van der Waals surface area contributed by atoms with E-state index in [4.69, 9.17) is 10.5 Å². The van der Waals surface area contributed by atoms with Gasteiger partial charge in [-0.2, -0.15) is 0 Å². The van der Waals surface area contributed by atoms with Crippen LogP contribution < -0.4 is 11.1 Å². The van der Waals surface area contributed by atoms with Crippen LogP contribution in [0.4, 0.5) is 0 Å². The number of amides is 1. The van der Waals surface area contributed by atoms with Crippen molar-refractivity contribution in [2.45, 2.75) is 38.3 Å². The number of ether oxygens (including phenoxy) is 2. The lowest BCUT2D eigenvalue weighted by atomic mass is 10.2. The van der Waals surface area contributed by atoms with Crippen LogP contribution in [0.1, 0.15) is 26.2 Å². The van der Waals surface area contributed by atoms with E-state index in [0.717, 1.165) is 25.9 Å². The number of rotatable bonds is 6. The van der Waals surface area contributed by atoms with Crippen LogP contribution in [0.2, 0.25) is 0 Å². The minimum absolute atomic E-state index is 0.217. The van der Waals surface area contributed by atoms with Gasteiger partial charge in [0.2, 0.25) is 5.91 Å². The normalized spacial score (nSPS) is 20.9. The van der Waals surface area contributed by atoms with Crippen molar-refractivity contribution in [1.82, 2.24) is 5.32 Å². The highest BCUT2D eigenvalue weighted by Crippen LogP contribution is 2.14. The van der Waals surface area contributed by atoms with Crippen LogP contribution >= 0.6 is 0 Å². The quantitative estimate of drug-likeness (QED) is 0.488. The SMILES string of the molecule is CCOC(=O)C(N)C(=O)NCCC1CCCO1. The van der Waals surface area contributed by atoms with Crippen molar-refractivity contribution in [2.24, 2.45) is 5.73 Å². The molecule has 0 radical (unpaired) electrons. The van der Waals surface area contributed by atoms with Gasteiger partial charge in [-0.15, -0.1) is 0 Å². The van der Waals surface area contributed by atoms with Crippen molar-refractivity contribution < 1.29 is 19.1 Å². The summed E-state index contributed by atoms with van der Waals surface area (Å²) in [6.07, 6.45) is 3.07. The van der Waals surface area contributed by atoms with Gasteiger partial charge in [-0.25, -0.2) is 4.79 Å². The van der Waals surface area contributed by atoms with Crippen LogP contribution in [0.15, 0.2) is 0 Å². The molecule has 1 amide bonds. The molecule has 6 heteroatoms. The van der Waals surface area contributed by atoms with Gasteiger partial charge in [0.15, 0.2) is 6.04 Å². The number of hydrogen-bond donors (Lipinski definition) is 2. The summed E-state index contributed by atoms with van der Waals surface area (Å²) in [6, 6.07) is -1.24. The van der Waals surface area contributed by atoms with Gasteiger partial charge in [0.1, 0.15) is 0 Å². The number of hydrogen-bond acceptors (Lipinski definition) is 5. The lowest BCUT2D eigenvalue weighted by molar-refractivity contribution is -0.147. The first kappa shape index (κ1) is 13.9. The van der Waals surface area contributed by atoms with Gasteiger partial charge < -0.3 is 20.5 Å². The van der Waals surface area contributed by atoms with Gasteiger partial charge >= 0.3 is 5.97 Å². The van der Waals surface area contributed by atoms with E-state index in [-0.39, 0.29) is 12.7 Å². The van der Waals surface area contributed by atoms with E-state index >= 15 is 0 Å². The average molecular weight is 244 g/mol. The Bertz CT molecular complexity index is 264. The minimum atomic E-state index is -1.24. The summed E-state index contributed by atoms with van der Waals surface area (Å²) in [7, 11) is 0. The molecular weight excluding hydrogens is 224 g/mol. The molecule has 0 aromatic carbocycles. The smallest absolute Gasteiger partial charge is 0.332 e. The Morgan fingerprint density at radius 3 is 2.94 bits per heavy atom. The number of nitrogens with one attached hydrogen (secondary N) is 1. The van der Waals surface area contributed by atoms with E-state index in [9.17, 15) is 9.59 Å². The molecule has 6 nitrogen and oxygen atoms in total. The van der Waals surface area contributed by atoms with Gasteiger partial charge in [0.05, 0.1) is 12.7 Å². The third-order valence-corrected chi connectivity index (χ3v) is 2.61. The molecule has 1 rings (SSSR count). The summed E-state index contributed by atoms with van der Waals surface area (Å²) in [5.74, 6) is -1.19. The molecule has 1 saturated heterocycles. The Labute approximate surface area is 101 Å². The molecule has 1 heterocycles. The molecule has 0 aliphatic carbocycles. The lowest BCUT2D eigenvalue weighted by Gasteiger charge is -2.13. The highest BCUT2D eigenvalue weighted by Gasteiger charge is 2.23. The summed E-state index contributed by atoms with van der Waals surface area (Å²) < 4.78 is 10.1. The molecule has 3 N–H and O–H groups in total. The van der Waals surface area contributed by atoms with E-state index in [0.29, 0.717) is 6.54 Å². The third kappa shape index (κ3) is 4.70.